The van der Waals surface area contributed by atoms with Crippen molar-refractivity contribution in [2.45, 2.75) is 52.5 Å². The first-order valence-corrected chi connectivity index (χ1v) is 6.83. The van der Waals surface area contributed by atoms with E-state index in [1.54, 1.807) is 0 Å². The Morgan fingerprint density at radius 2 is 2.00 bits per heavy atom. The van der Waals surface area contributed by atoms with Crippen LogP contribution in [-0.2, 0) is 16.8 Å². The van der Waals surface area contributed by atoms with Gasteiger partial charge in [-0.3, -0.25) is 4.79 Å². The zero-order chi connectivity index (χ0) is 14.5. The van der Waals surface area contributed by atoms with Crippen LogP contribution in [-0.4, -0.2) is 17.6 Å². The zero-order valence-corrected chi connectivity index (χ0v) is 12.4. The van der Waals surface area contributed by atoms with E-state index >= 15 is 0 Å². The van der Waals surface area contributed by atoms with E-state index in [0.29, 0.717) is 6.42 Å². The number of carboxylic acids is 1. The number of hydrogen-bond donors (Lipinski definition) is 2. The van der Waals surface area contributed by atoms with E-state index in [1.165, 1.54) is 16.7 Å². The molecule has 1 aromatic carbocycles. The van der Waals surface area contributed by atoms with Gasteiger partial charge >= 0.3 is 5.97 Å². The van der Waals surface area contributed by atoms with Crippen molar-refractivity contribution in [3.63, 3.8) is 0 Å². The molecule has 0 heterocycles. The quantitative estimate of drug-likeness (QED) is 0.775. The number of carbonyl (C=O) groups is 1. The van der Waals surface area contributed by atoms with Crippen molar-refractivity contribution in [1.29, 1.82) is 0 Å². The Labute approximate surface area is 116 Å². The Morgan fingerprint density at radius 1 is 1.32 bits per heavy atom. The number of aryl methyl sites for hydroxylation is 1. The maximum Gasteiger partial charge on any atom is 0.303 e. The molecule has 0 aromatic heterocycles. The van der Waals surface area contributed by atoms with Gasteiger partial charge in [0.2, 0.25) is 0 Å². The third-order valence-electron chi connectivity index (χ3n) is 3.27. The number of rotatable bonds is 6. The summed E-state index contributed by atoms with van der Waals surface area (Å²) in [4.78, 5) is 10.4. The van der Waals surface area contributed by atoms with Gasteiger partial charge in [0.25, 0.3) is 0 Å². The van der Waals surface area contributed by atoms with Gasteiger partial charge in [0.05, 0.1) is 0 Å². The largest absolute Gasteiger partial charge is 0.481 e. The summed E-state index contributed by atoms with van der Waals surface area (Å²) in [5, 5.41) is 11.9. The van der Waals surface area contributed by atoms with Crippen molar-refractivity contribution in [3.8, 4) is 0 Å². The molecule has 0 unspecified atom stereocenters. The number of aliphatic carboxylic acids is 1. The highest BCUT2D eigenvalue weighted by molar-refractivity contribution is 5.66. The Balaban J connectivity index is 2.55. The molecule has 0 aliphatic heterocycles. The van der Waals surface area contributed by atoms with Crippen molar-refractivity contribution < 1.29 is 9.90 Å². The van der Waals surface area contributed by atoms with Crippen molar-refractivity contribution in [3.05, 3.63) is 34.9 Å². The lowest BCUT2D eigenvalue weighted by molar-refractivity contribution is -0.137. The summed E-state index contributed by atoms with van der Waals surface area (Å²) in [5.74, 6) is -0.729. The SMILES string of the molecule is Cc1ccc(C(C)(C)C)cc1CNCCCC(=O)O. The molecule has 3 heteroatoms. The van der Waals surface area contributed by atoms with E-state index in [0.717, 1.165) is 13.1 Å². The highest BCUT2D eigenvalue weighted by Crippen LogP contribution is 2.24. The molecule has 0 aliphatic carbocycles. The van der Waals surface area contributed by atoms with Gasteiger partial charge in [0.15, 0.2) is 0 Å². The molecule has 106 valence electrons. The smallest absolute Gasteiger partial charge is 0.303 e. The minimum Gasteiger partial charge on any atom is -0.481 e. The summed E-state index contributed by atoms with van der Waals surface area (Å²) in [7, 11) is 0. The van der Waals surface area contributed by atoms with Gasteiger partial charge in [-0.1, -0.05) is 39.0 Å². The molecular formula is C16H25NO2. The highest BCUT2D eigenvalue weighted by atomic mass is 16.4. The first-order chi connectivity index (χ1) is 8.80. The second-order valence-electron chi connectivity index (χ2n) is 6.07. The van der Waals surface area contributed by atoms with E-state index < -0.39 is 5.97 Å². The van der Waals surface area contributed by atoms with Crippen LogP contribution in [0.15, 0.2) is 18.2 Å². The summed E-state index contributed by atoms with van der Waals surface area (Å²) in [5.41, 5.74) is 4.06. The lowest BCUT2D eigenvalue weighted by Crippen LogP contribution is -2.18. The fourth-order valence-corrected chi connectivity index (χ4v) is 1.92. The molecule has 0 saturated heterocycles. The van der Waals surface area contributed by atoms with Crippen LogP contribution in [0.3, 0.4) is 0 Å². The number of carboxylic acid groups (broad SMARTS) is 1. The van der Waals surface area contributed by atoms with Crippen molar-refractivity contribution in [1.82, 2.24) is 5.32 Å². The van der Waals surface area contributed by atoms with Gasteiger partial charge in [0.1, 0.15) is 0 Å². The molecule has 0 spiro atoms. The lowest BCUT2D eigenvalue weighted by atomic mass is 9.85. The van der Waals surface area contributed by atoms with Crippen LogP contribution in [0.2, 0.25) is 0 Å². The Bertz CT molecular complexity index is 433. The fraction of sp³-hybridized carbons (Fsp3) is 0.562. The van der Waals surface area contributed by atoms with E-state index in [2.05, 4.69) is 51.2 Å². The summed E-state index contributed by atoms with van der Waals surface area (Å²) < 4.78 is 0. The van der Waals surface area contributed by atoms with Crippen molar-refractivity contribution >= 4 is 5.97 Å². The standard InChI is InChI=1S/C16H25NO2/c1-12-7-8-14(16(2,3)4)10-13(12)11-17-9-5-6-15(18)19/h7-8,10,17H,5-6,9,11H2,1-4H3,(H,18,19). The fourth-order valence-electron chi connectivity index (χ4n) is 1.92. The van der Waals surface area contributed by atoms with E-state index in [9.17, 15) is 4.79 Å². The topological polar surface area (TPSA) is 49.3 Å². The van der Waals surface area contributed by atoms with Gasteiger partial charge < -0.3 is 10.4 Å². The molecule has 19 heavy (non-hydrogen) atoms. The molecule has 0 atom stereocenters. The van der Waals surface area contributed by atoms with Gasteiger partial charge in [-0.05, 0) is 42.0 Å². The van der Waals surface area contributed by atoms with Crippen LogP contribution in [0.4, 0.5) is 0 Å². The molecule has 1 aromatic rings. The molecule has 1 rings (SSSR count). The molecule has 0 radical (unpaired) electrons. The van der Waals surface area contributed by atoms with E-state index in [-0.39, 0.29) is 11.8 Å². The van der Waals surface area contributed by atoms with Crippen LogP contribution >= 0.6 is 0 Å². The summed E-state index contributed by atoms with van der Waals surface area (Å²) in [6, 6.07) is 6.59. The average Bonchev–Trinajstić information content (AvgIpc) is 2.29. The molecule has 3 nitrogen and oxygen atoms in total. The predicted octanol–water partition coefficient (Wildman–Crippen LogP) is 3.25. The second-order valence-corrected chi connectivity index (χ2v) is 6.07. The van der Waals surface area contributed by atoms with Gasteiger partial charge in [-0.2, -0.15) is 0 Å². The zero-order valence-electron chi connectivity index (χ0n) is 12.4. The summed E-state index contributed by atoms with van der Waals surface area (Å²) >= 11 is 0. The second kappa shape index (κ2) is 6.71. The molecular weight excluding hydrogens is 238 g/mol. The maximum atomic E-state index is 10.4. The van der Waals surface area contributed by atoms with Crippen molar-refractivity contribution in [2.24, 2.45) is 0 Å². The molecule has 0 saturated carbocycles. The average molecular weight is 263 g/mol. The third kappa shape index (κ3) is 5.43. The molecule has 2 N–H and O–H groups in total. The van der Waals surface area contributed by atoms with Gasteiger partial charge in [-0.15, -0.1) is 0 Å². The van der Waals surface area contributed by atoms with E-state index in [4.69, 9.17) is 5.11 Å². The Kier molecular flexibility index (Phi) is 5.55. The summed E-state index contributed by atoms with van der Waals surface area (Å²) in [6.07, 6.45) is 0.904. The Morgan fingerprint density at radius 3 is 2.58 bits per heavy atom. The molecule has 0 amide bonds. The van der Waals surface area contributed by atoms with Crippen LogP contribution in [0.25, 0.3) is 0 Å². The number of benzene rings is 1. The monoisotopic (exact) mass is 263 g/mol. The van der Waals surface area contributed by atoms with Crippen LogP contribution in [0.5, 0.6) is 0 Å². The number of nitrogens with one attached hydrogen (secondary N) is 1. The Hall–Kier alpha value is -1.35. The maximum absolute atomic E-state index is 10.4. The van der Waals surface area contributed by atoms with Crippen molar-refractivity contribution in [2.75, 3.05) is 6.54 Å². The highest BCUT2D eigenvalue weighted by Gasteiger charge is 2.14. The first-order valence-electron chi connectivity index (χ1n) is 6.83. The lowest BCUT2D eigenvalue weighted by Gasteiger charge is -2.21. The normalized spacial score (nSPS) is 11.6. The number of hydrogen-bond acceptors (Lipinski definition) is 2. The summed E-state index contributed by atoms with van der Waals surface area (Å²) in [6.45, 7) is 10.3. The predicted molar refractivity (Wildman–Crippen MR) is 78.5 cm³/mol. The van der Waals surface area contributed by atoms with Gasteiger partial charge in [0, 0.05) is 13.0 Å². The third-order valence-corrected chi connectivity index (χ3v) is 3.27. The minimum atomic E-state index is -0.729. The first kappa shape index (κ1) is 15.7. The minimum absolute atomic E-state index is 0.158. The molecule has 0 aliphatic rings. The molecule has 0 bridgehead atoms. The van der Waals surface area contributed by atoms with Crippen LogP contribution < -0.4 is 5.32 Å². The van der Waals surface area contributed by atoms with Gasteiger partial charge in [-0.25, -0.2) is 0 Å². The molecule has 0 fully saturated rings. The van der Waals surface area contributed by atoms with Crippen LogP contribution in [0.1, 0.15) is 50.3 Å². The van der Waals surface area contributed by atoms with Crippen LogP contribution in [0, 0.1) is 6.92 Å². The van der Waals surface area contributed by atoms with E-state index in [1.807, 2.05) is 0 Å².